The Morgan fingerprint density at radius 1 is 1.33 bits per heavy atom. The van der Waals surface area contributed by atoms with Crippen LogP contribution in [-0.2, 0) is 10.7 Å². The molecule has 2 aliphatic rings. The summed E-state index contributed by atoms with van der Waals surface area (Å²) >= 11 is 1.51. The second kappa shape index (κ2) is 6.38. The van der Waals surface area contributed by atoms with Crippen LogP contribution in [0.2, 0.25) is 0 Å². The SMILES string of the molecule is CSc1nc2c(c(N3CCCC(C)(OS(C)(C)C)C3)n1)C(=O)NC2. The molecule has 1 aromatic heterocycles. The van der Waals surface area contributed by atoms with E-state index in [4.69, 9.17) is 4.18 Å². The molecule has 1 N–H and O–H groups in total. The average molecular weight is 371 g/mol. The molecular formula is C16H26N4O2S2. The number of piperidine rings is 1. The number of nitrogens with zero attached hydrogens (tertiary/aromatic N) is 3. The van der Waals surface area contributed by atoms with Crippen LogP contribution in [0, 0.1) is 0 Å². The van der Waals surface area contributed by atoms with Gasteiger partial charge in [-0.3, -0.25) is 4.79 Å². The van der Waals surface area contributed by atoms with Crippen molar-refractivity contribution in [2.45, 2.75) is 37.1 Å². The minimum absolute atomic E-state index is 0.0673. The fourth-order valence-corrected chi connectivity index (χ4v) is 5.19. The van der Waals surface area contributed by atoms with Gasteiger partial charge in [-0.1, -0.05) is 11.8 Å². The van der Waals surface area contributed by atoms with Crippen molar-refractivity contribution in [3.8, 4) is 0 Å². The molecule has 8 heteroatoms. The molecule has 1 aromatic rings. The number of carbonyl (C=O) groups is 1. The first-order valence-corrected chi connectivity index (χ1v) is 12.1. The standard InChI is InChI=1S/C16H26N4O2S2/c1-16(22-24(3,4)5)7-6-8-20(10-16)13-12-11(9-17-14(12)21)18-15(19-13)23-2/h6-10H2,1-5H3,(H,17,21). The van der Waals surface area contributed by atoms with E-state index < -0.39 is 10.3 Å². The Bertz CT molecular complexity index is 662. The van der Waals surface area contributed by atoms with Crippen molar-refractivity contribution < 1.29 is 8.98 Å². The van der Waals surface area contributed by atoms with E-state index >= 15 is 0 Å². The highest BCUT2D eigenvalue weighted by atomic mass is 32.3. The van der Waals surface area contributed by atoms with Gasteiger partial charge in [0.2, 0.25) is 0 Å². The molecule has 1 amide bonds. The third-order valence-corrected chi connectivity index (χ3v) is 5.63. The molecule has 0 spiro atoms. The van der Waals surface area contributed by atoms with Gasteiger partial charge in [0.25, 0.3) is 5.91 Å². The van der Waals surface area contributed by atoms with Gasteiger partial charge in [-0.2, -0.15) is 0 Å². The Morgan fingerprint density at radius 2 is 2.08 bits per heavy atom. The maximum Gasteiger partial charge on any atom is 0.257 e. The molecular weight excluding hydrogens is 344 g/mol. The van der Waals surface area contributed by atoms with Crippen molar-refractivity contribution in [1.82, 2.24) is 15.3 Å². The van der Waals surface area contributed by atoms with Crippen molar-refractivity contribution in [2.24, 2.45) is 0 Å². The summed E-state index contributed by atoms with van der Waals surface area (Å²) in [5.74, 6) is 0.695. The lowest BCUT2D eigenvalue weighted by Crippen LogP contribution is -2.49. The van der Waals surface area contributed by atoms with Gasteiger partial charge in [-0.25, -0.2) is 9.97 Å². The van der Waals surface area contributed by atoms with E-state index in [0.717, 1.165) is 42.6 Å². The first kappa shape index (κ1) is 17.8. The van der Waals surface area contributed by atoms with Gasteiger partial charge in [0, 0.05) is 13.1 Å². The number of rotatable bonds is 4. The average Bonchev–Trinajstić information content (AvgIpc) is 2.85. The van der Waals surface area contributed by atoms with E-state index in [1.807, 2.05) is 6.26 Å². The summed E-state index contributed by atoms with van der Waals surface area (Å²) in [6, 6.07) is 0. The zero-order chi connectivity index (χ0) is 17.5. The van der Waals surface area contributed by atoms with E-state index in [-0.39, 0.29) is 11.5 Å². The number of anilines is 1. The van der Waals surface area contributed by atoms with E-state index in [0.29, 0.717) is 12.1 Å². The summed E-state index contributed by atoms with van der Waals surface area (Å²) in [7, 11) is -1.07. The molecule has 0 radical (unpaired) electrons. The molecule has 2 aliphatic heterocycles. The first-order chi connectivity index (χ1) is 11.2. The van der Waals surface area contributed by atoms with Crippen LogP contribution >= 0.6 is 22.1 Å². The maximum atomic E-state index is 12.3. The van der Waals surface area contributed by atoms with Crippen molar-refractivity contribution in [3.05, 3.63) is 11.3 Å². The molecule has 24 heavy (non-hydrogen) atoms. The summed E-state index contributed by atoms with van der Waals surface area (Å²) in [6.45, 7) is 4.31. The van der Waals surface area contributed by atoms with Gasteiger partial charge in [-0.15, -0.1) is 10.3 Å². The number of carbonyl (C=O) groups excluding carboxylic acids is 1. The highest BCUT2D eigenvalue weighted by Gasteiger charge is 2.38. The van der Waals surface area contributed by atoms with Crippen LogP contribution in [0.15, 0.2) is 5.16 Å². The molecule has 1 unspecified atom stereocenters. The number of nitrogens with one attached hydrogen (secondary N) is 1. The van der Waals surface area contributed by atoms with Crippen LogP contribution in [0.5, 0.6) is 0 Å². The summed E-state index contributed by atoms with van der Waals surface area (Å²) in [5.41, 5.74) is 1.24. The Hall–Kier alpha value is -0.990. The predicted octanol–water partition coefficient (Wildman–Crippen LogP) is 2.43. The highest BCUT2D eigenvalue weighted by molar-refractivity contribution is 8.28. The second-order valence-electron chi connectivity index (χ2n) is 7.32. The van der Waals surface area contributed by atoms with Gasteiger partial charge in [0.15, 0.2) is 5.16 Å². The van der Waals surface area contributed by atoms with Crippen LogP contribution in [0.3, 0.4) is 0 Å². The molecule has 1 fully saturated rings. The third-order valence-electron chi connectivity index (χ3n) is 4.18. The largest absolute Gasteiger partial charge is 0.353 e. The molecule has 0 aliphatic carbocycles. The summed E-state index contributed by atoms with van der Waals surface area (Å²) < 4.78 is 6.41. The summed E-state index contributed by atoms with van der Waals surface area (Å²) in [5, 5.41) is 3.59. The van der Waals surface area contributed by atoms with Crippen LogP contribution in [0.1, 0.15) is 35.8 Å². The fourth-order valence-electron chi connectivity index (χ4n) is 3.46. The molecule has 0 saturated carbocycles. The van der Waals surface area contributed by atoms with E-state index in [1.54, 1.807) is 0 Å². The first-order valence-electron chi connectivity index (χ1n) is 8.08. The zero-order valence-corrected chi connectivity index (χ0v) is 16.6. The lowest BCUT2D eigenvalue weighted by molar-refractivity contribution is 0.0900. The predicted molar refractivity (Wildman–Crippen MR) is 101 cm³/mol. The number of amides is 1. The van der Waals surface area contributed by atoms with E-state index in [1.165, 1.54) is 11.8 Å². The molecule has 6 nitrogen and oxygen atoms in total. The minimum atomic E-state index is -1.07. The molecule has 1 atom stereocenters. The summed E-state index contributed by atoms with van der Waals surface area (Å²) in [4.78, 5) is 23.6. The van der Waals surface area contributed by atoms with Crippen LogP contribution in [0.4, 0.5) is 5.82 Å². The molecule has 1 saturated heterocycles. The quantitative estimate of drug-likeness (QED) is 0.649. The molecule has 0 aromatic carbocycles. The van der Waals surface area contributed by atoms with Crippen LogP contribution in [0.25, 0.3) is 0 Å². The molecule has 134 valence electrons. The minimum Gasteiger partial charge on any atom is -0.353 e. The van der Waals surface area contributed by atoms with Gasteiger partial charge in [0.05, 0.1) is 17.8 Å². The number of hydrogen-bond donors (Lipinski definition) is 1. The highest BCUT2D eigenvalue weighted by Crippen LogP contribution is 2.44. The monoisotopic (exact) mass is 370 g/mol. The number of fused-ring (bicyclic) bond motifs is 1. The fraction of sp³-hybridized carbons (Fsp3) is 0.688. The Morgan fingerprint density at radius 3 is 2.75 bits per heavy atom. The Kier molecular flexibility index (Phi) is 4.74. The van der Waals surface area contributed by atoms with E-state index in [9.17, 15) is 4.79 Å². The van der Waals surface area contributed by atoms with Crippen molar-refractivity contribution in [2.75, 3.05) is 43.0 Å². The van der Waals surface area contributed by atoms with Crippen LogP contribution < -0.4 is 10.2 Å². The topological polar surface area (TPSA) is 67.3 Å². The second-order valence-corrected chi connectivity index (χ2v) is 11.7. The third kappa shape index (κ3) is 3.65. The zero-order valence-electron chi connectivity index (χ0n) is 15.0. The summed E-state index contributed by atoms with van der Waals surface area (Å²) in [6.07, 6.45) is 10.5. The van der Waals surface area contributed by atoms with Gasteiger partial charge in [0.1, 0.15) is 11.4 Å². The number of hydrogen-bond acceptors (Lipinski definition) is 6. The van der Waals surface area contributed by atoms with Gasteiger partial charge < -0.3 is 14.4 Å². The van der Waals surface area contributed by atoms with Crippen LogP contribution in [-0.4, -0.2) is 59.6 Å². The Labute approximate surface area is 149 Å². The normalized spacial score (nSPS) is 24.7. The number of thioether (sulfide) groups is 1. The van der Waals surface area contributed by atoms with Gasteiger partial charge >= 0.3 is 0 Å². The molecule has 0 bridgehead atoms. The lowest BCUT2D eigenvalue weighted by atomic mass is 9.95. The number of aromatic nitrogens is 2. The maximum absolute atomic E-state index is 12.3. The Balaban J connectivity index is 1.94. The van der Waals surface area contributed by atoms with E-state index in [2.05, 4.69) is 45.9 Å². The molecule has 3 heterocycles. The molecule has 3 rings (SSSR count). The smallest absolute Gasteiger partial charge is 0.257 e. The van der Waals surface area contributed by atoms with Crippen molar-refractivity contribution in [3.63, 3.8) is 0 Å². The lowest BCUT2D eigenvalue weighted by Gasteiger charge is -2.45. The van der Waals surface area contributed by atoms with Gasteiger partial charge in [-0.05, 0) is 44.8 Å². The van der Waals surface area contributed by atoms with Crippen molar-refractivity contribution >= 4 is 33.8 Å². The van der Waals surface area contributed by atoms with Crippen molar-refractivity contribution in [1.29, 1.82) is 0 Å².